The molecule has 8 heteroatoms. The molecule has 0 aliphatic carbocycles. The summed E-state index contributed by atoms with van der Waals surface area (Å²) in [6, 6.07) is 8.35. The van der Waals surface area contributed by atoms with Crippen LogP contribution in [0.1, 0.15) is 0 Å². The van der Waals surface area contributed by atoms with E-state index < -0.39 is 10.0 Å². The van der Waals surface area contributed by atoms with E-state index in [1.807, 2.05) is 0 Å². The largest absolute Gasteiger partial charge is 0.492 e. The second-order valence-corrected chi connectivity index (χ2v) is 6.02. The lowest BCUT2D eigenvalue weighted by atomic mass is 10.3. The molecule has 0 spiro atoms. The summed E-state index contributed by atoms with van der Waals surface area (Å²) in [7, 11) is -1.81. The zero-order chi connectivity index (χ0) is 14.6. The Balaban J connectivity index is 1.86. The van der Waals surface area contributed by atoms with Gasteiger partial charge in [0.25, 0.3) is 0 Å². The van der Waals surface area contributed by atoms with Crippen molar-refractivity contribution >= 4 is 21.5 Å². The number of nitrogen functional groups attached to an aromatic ring is 1. The number of aromatic nitrogens is 2. The summed E-state index contributed by atoms with van der Waals surface area (Å²) in [5, 5.41) is 3.88. The topological polar surface area (TPSA) is 99.2 Å². The number of nitrogens with two attached hydrogens (primary N) is 1. The third-order valence-electron chi connectivity index (χ3n) is 2.58. The number of nitrogens with one attached hydrogen (secondary N) is 1. The maximum atomic E-state index is 11.8. The average molecular weight is 296 g/mol. The predicted octanol–water partition coefficient (Wildman–Crippen LogP) is 0.823. The number of anilines is 2. The molecular formula is C12H16N4O3S. The second-order valence-electron chi connectivity index (χ2n) is 4.18. The molecule has 2 aromatic rings. The molecule has 0 saturated carbocycles. The van der Waals surface area contributed by atoms with Crippen molar-refractivity contribution in [1.29, 1.82) is 0 Å². The molecule has 0 unspecified atom stereocenters. The Labute approximate surface area is 117 Å². The van der Waals surface area contributed by atoms with E-state index >= 15 is 0 Å². The predicted molar refractivity (Wildman–Crippen MR) is 77.0 cm³/mol. The summed E-state index contributed by atoms with van der Waals surface area (Å²) in [6.45, 7) is 0.0527. The van der Waals surface area contributed by atoms with Gasteiger partial charge in [0.15, 0.2) is 0 Å². The first kappa shape index (κ1) is 14.2. The zero-order valence-corrected chi connectivity index (χ0v) is 11.8. The number of sulfonamides is 1. The van der Waals surface area contributed by atoms with Gasteiger partial charge in [-0.2, -0.15) is 5.10 Å². The standard InChI is InChI=1S/C12H16N4O3S/c1-16-12(6-7-14-16)15-20(17,18)9-8-19-11-4-2-10(13)3-5-11/h2-7,15H,8-9,13H2,1H3. The molecule has 2 rings (SSSR count). The first-order valence-corrected chi connectivity index (χ1v) is 7.58. The van der Waals surface area contributed by atoms with E-state index in [4.69, 9.17) is 10.5 Å². The number of ether oxygens (including phenoxy) is 1. The number of hydrogen-bond donors (Lipinski definition) is 2. The normalized spacial score (nSPS) is 11.2. The van der Waals surface area contributed by atoms with E-state index in [1.54, 1.807) is 37.4 Å². The smallest absolute Gasteiger partial charge is 0.237 e. The number of rotatable bonds is 6. The molecule has 108 valence electrons. The summed E-state index contributed by atoms with van der Waals surface area (Å²) in [4.78, 5) is 0. The molecule has 20 heavy (non-hydrogen) atoms. The lowest BCUT2D eigenvalue weighted by molar-refractivity contribution is 0.341. The van der Waals surface area contributed by atoms with Crippen LogP contribution in [0.4, 0.5) is 11.5 Å². The summed E-state index contributed by atoms with van der Waals surface area (Å²) in [5.41, 5.74) is 6.17. The van der Waals surface area contributed by atoms with E-state index in [9.17, 15) is 8.42 Å². The van der Waals surface area contributed by atoms with Crippen LogP contribution in [0.2, 0.25) is 0 Å². The minimum atomic E-state index is -3.47. The lowest BCUT2D eigenvalue weighted by Crippen LogP contribution is -2.22. The Kier molecular flexibility index (Phi) is 4.14. The van der Waals surface area contributed by atoms with Crippen LogP contribution < -0.4 is 15.2 Å². The molecule has 0 fully saturated rings. The molecule has 1 aromatic heterocycles. The highest BCUT2D eigenvalue weighted by Crippen LogP contribution is 2.13. The molecule has 1 heterocycles. The number of nitrogens with zero attached hydrogens (tertiary/aromatic N) is 2. The quantitative estimate of drug-likeness (QED) is 0.769. The minimum Gasteiger partial charge on any atom is -0.492 e. The fraction of sp³-hybridized carbons (Fsp3) is 0.250. The number of benzene rings is 1. The van der Waals surface area contributed by atoms with Gasteiger partial charge in [0, 0.05) is 18.8 Å². The Morgan fingerprint density at radius 2 is 2.00 bits per heavy atom. The van der Waals surface area contributed by atoms with Gasteiger partial charge >= 0.3 is 0 Å². The van der Waals surface area contributed by atoms with Crippen LogP contribution in [0.3, 0.4) is 0 Å². The maximum Gasteiger partial charge on any atom is 0.237 e. The van der Waals surface area contributed by atoms with Gasteiger partial charge in [0.2, 0.25) is 10.0 Å². The van der Waals surface area contributed by atoms with E-state index in [-0.39, 0.29) is 12.4 Å². The van der Waals surface area contributed by atoms with Crippen molar-refractivity contribution in [3.05, 3.63) is 36.5 Å². The molecular weight excluding hydrogens is 280 g/mol. The van der Waals surface area contributed by atoms with Crippen LogP contribution in [0.25, 0.3) is 0 Å². The van der Waals surface area contributed by atoms with Gasteiger partial charge in [-0.15, -0.1) is 0 Å². The van der Waals surface area contributed by atoms with Crippen LogP contribution in [0.5, 0.6) is 5.75 Å². The molecule has 7 nitrogen and oxygen atoms in total. The highest BCUT2D eigenvalue weighted by molar-refractivity contribution is 7.92. The third-order valence-corrected chi connectivity index (χ3v) is 3.81. The fourth-order valence-electron chi connectivity index (χ4n) is 1.52. The minimum absolute atomic E-state index is 0.0527. The molecule has 0 aliphatic rings. The van der Waals surface area contributed by atoms with Gasteiger partial charge in [-0.1, -0.05) is 0 Å². The molecule has 0 radical (unpaired) electrons. The summed E-state index contributed by atoms with van der Waals surface area (Å²) in [6.07, 6.45) is 1.52. The number of hydrogen-bond acceptors (Lipinski definition) is 5. The average Bonchev–Trinajstić information content (AvgIpc) is 2.77. The van der Waals surface area contributed by atoms with Gasteiger partial charge in [0.1, 0.15) is 23.9 Å². The SMILES string of the molecule is Cn1nccc1NS(=O)(=O)CCOc1ccc(N)cc1. The monoisotopic (exact) mass is 296 g/mol. The van der Waals surface area contributed by atoms with Gasteiger partial charge in [0.05, 0.1) is 6.20 Å². The van der Waals surface area contributed by atoms with Crippen LogP contribution in [0.15, 0.2) is 36.5 Å². The van der Waals surface area contributed by atoms with E-state index in [1.165, 1.54) is 10.9 Å². The van der Waals surface area contributed by atoms with E-state index in [2.05, 4.69) is 9.82 Å². The number of aryl methyl sites for hydroxylation is 1. The Morgan fingerprint density at radius 3 is 2.60 bits per heavy atom. The fourth-order valence-corrected chi connectivity index (χ4v) is 2.44. The first-order valence-electron chi connectivity index (χ1n) is 5.93. The summed E-state index contributed by atoms with van der Waals surface area (Å²) in [5.74, 6) is 0.843. The van der Waals surface area contributed by atoms with Gasteiger partial charge in [-0.25, -0.2) is 8.42 Å². The molecule has 0 amide bonds. The van der Waals surface area contributed by atoms with Crippen molar-refractivity contribution in [3.63, 3.8) is 0 Å². The van der Waals surface area contributed by atoms with Crippen LogP contribution in [-0.2, 0) is 17.1 Å². The van der Waals surface area contributed by atoms with Crippen molar-refractivity contribution < 1.29 is 13.2 Å². The highest BCUT2D eigenvalue weighted by Gasteiger charge is 2.12. The molecule has 0 atom stereocenters. The summed E-state index contributed by atoms with van der Waals surface area (Å²) >= 11 is 0. The van der Waals surface area contributed by atoms with Crippen molar-refractivity contribution in [2.24, 2.45) is 7.05 Å². The third kappa shape index (κ3) is 3.89. The lowest BCUT2D eigenvalue weighted by Gasteiger charge is -2.09. The Hall–Kier alpha value is -2.22. The van der Waals surface area contributed by atoms with Crippen LogP contribution in [-0.4, -0.2) is 30.6 Å². The van der Waals surface area contributed by atoms with Crippen molar-refractivity contribution in [2.75, 3.05) is 22.8 Å². The van der Waals surface area contributed by atoms with Gasteiger partial charge in [-0.3, -0.25) is 9.40 Å². The van der Waals surface area contributed by atoms with Gasteiger partial charge < -0.3 is 10.5 Å². The second kappa shape index (κ2) is 5.83. The zero-order valence-electron chi connectivity index (χ0n) is 11.0. The summed E-state index contributed by atoms with van der Waals surface area (Å²) < 4.78 is 32.9. The Morgan fingerprint density at radius 1 is 1.30 bits per heavy atom. The van der Waals surface area contributed by atoms with Crippen molar-refractivity contribution in [2.45, 2.75) is 0 Å². The Bertz CT molecular complexity index is 664. The van der Waals surface area contributed by atoms with Gasteiger partial charge in [-0.05, 0) is 24.3 Å². The molecule has 1 aromatic carbocycles. The molecule has 3 N–H and O–H groups in total. The molecule has 0 aliphatic heterocycles. The highest BCUT2D eigenvalue weighted by atomic mass is 32.2. The molecule has 0 bridgehead atoms. The van der Waals surface area contributed by atoms with Crippen molar-refractivity contribution in [1.82, 2.24) is 9.78 Å². The van der Waals surface area contributed by atoms with Crippen LogP contribution in [0, 0.1) is 0 Å². The van der Waals surface area contributed by atoms with E-state index in [0.29, 0.717) is 17.3 Å². The first-order chi connectivity index (χ1) is 9.46. The molecule has 0 saturated heterocycles. The van der Waals surface area contributed by atoms with Crippen LogP contribution >= 0.6 is 0 Å². The van der Waals surface area contributed by atoms with E-state index in [0.717, 1.165) is 0 Å². The maximum absolute atomic E-state index is 11.8. The van der Waals surface area contributed by atoms with Crippen molar-refractivity contribution in [3.8, 4) is 5.75 Å².